The van der Waals surface area contributed by atoms with Gasteiger partial charge in [0.2, 0.25) is 0 Å². The summed E-state index contributed by atoms with van der Waals surface area (Å²) in [6.07, 6.45) is 20.2. The molecule has 2 rings (SSSR count). The van der Waals surface area contributed by atoms with Crippen molar-refractivity contribution < 1.29 is 27.8 Å². The SMILES string of the molecule is CCCCCCCCCCCCCCCCOCCCOP(=O)(O)CO[C@H](CF)Cn1cnc2c(N)ncnc21. The number of anilines is 1. The van der Waals surface area contributed by atoms with Crippen LogP contribution in [0.5, 0.6) is 0 Å². The lowest BCUT2D eigenvalue weighted by Gasteiger charge is -2.18. The molecule has 2 heterocycles. The minimum absolute atomic E-state index is 0.0521. The Kier molecular flexibility index (Phi) is 18.2. The van der Waals surface area contributed by atoms with E-state index in [1.54, 1.807) is 4.57 Å². The van der Waals surface area contributed by atoms with Crippen LogP contribution in [-0.4, -0.2) is 63.4 Å². The van der Waals surface area contributed by atoms with Crippen LogP contribution in [0.4, 0.5) is 10.2 Å². The summed E-state index contributed by atoms with van der Waals surface area (Å²) in [6, 6.07) is 0. The molecule has 2 aromatic heterocycles. The molecule has 0 amide bonds. The van der Waals surface area contributed by atoms with Crippen LogP contribution in [0.2, 0.25) is 0 Å². The number of halogens is 1. The first kappa shape index (κ1) is 34.6. The number of imidazole rings is 1. The molecule has 12 heteroatoms. The zero-order valence-corrected chi connectivity index (χ0v) is 25.2. The number of aromatic nitrogens is 4. The molecule has 0 aromatic carbocycles. The molecule has 1 unspecified atom stereocenters. The molecule has 0 spiro atoms. The summed E-state index contributed by atoms with van der Waals surface area (Å²) in [7, 11) is -4.01. The van der Waals surface area contributed by atoms with Gasteiger partial charge >= 0.3 is 7.60 Å². The Hall–Kier alpha value is -1.65. The predicted octanol–water partition coefficient (Wildman–Crippen LogP) is 6.81. The zero-order valence-electron chi connectivity index (χ0n) is 24.4. The molecular weight excluding hydrogens is 536 g/mol. The van der Waals surface area contributed by atoms with Gasteiger partial charge in [-0.15, -0.1) is 0 Å². The van der Waals surface area contributed by atoms with Crippen molar-refractivity contribution in [1.82, 2.24) is 19.5 Å². The Morgan fingerprint density at radius 3 is 2.12 bits per heavy atom. The third-order valence-electron chi connectivity index (χ3n) is 6.84. The number of alkyl halides is 1. The lowest BCUT2D eigenvalue weighted by Crippen LogP contribution is -2.23. The summed E-state index contributed by atoms with van der Waals surface area (Å²) in [5.41, 5.74) is 6.61. The molecule has 230 valence electrons. The van der Waals surface area contributed by atoms with Gasteiger partial charge in [0.15, 0.2) is 11.5 Å². The molecule has 0 bridgehead atoms. The maximum absolute atomic E-state index is 13.5. The van der Waals surface area contributed by atoms with Crippen LogP contribution in [0.15, 0.2) is 12.7 Å². The minimum atomic E-state index is -4.01. The van der Waals surface area contributed by atoms with Gasteiger partial charge in [0.05, 0.1) is 19.5 Å². The Bertz CT molecular complexity index is 966. The monoisotopic (exact) mass is 587 g/mol. The lowest BCUT2D eigenvalue weighted by atomic mass is 10.0. The highest BCUT2D eigenvalue weighted by atomic mass is 31.2. The molecule has 3 N–H and O–H groups in total. The van der Waals surface area contributed by atoms with Gasteiger partial charge in [-0.05, 0) is 12.8 Å². The van der Waals surface area contributed by atoms with E-state index in [-0.39, 0.29) is 19.0 Å². The number of nitrogen functional groups attached to an aromatic ring is 1. The second kappa shape index (κ2) is 21.1. The van der Waals surface area contributed by atoms with E-state index in [1.165, 1.54) is 96.1 Å². The molecule has 0 fully saturated rings. The molecule has 2 aromatic rings. The van der Waals surface area contributed by atoms with Crippen molar-refractivity contribution in [2.24, 2.45) is 0 Å². The van der Waals surface area contributed by atoms with E-state index in [4.69, 9.17) is 19.7 Å². The van der Waals surface area contributed by atoms with Gasteiger partial charge < -0.3 is 29.2 Å². The standard InChI is InChI=1S/C28H51FN5O5P/c1-2-3-4-5-6-7-8-9-10-11-12-13-14-15-17-37-18-16-19-39-40(35,36)24-38-25(20-29)21-34-23-33-26-27(30)31-22-32-28(26)34/h22-23,25H,2-21,24H2,1H3,(H,35,36)(H2,30,31,32)/t25-/m1/s1. The number of hydrogen-bond acceptors (Lipinski definition) is 8. The van der Waals surface area contributed by atoms with Crippen molar-refractivity contribution in [3.8, 4) is 0 Å². The minimum Gasteiger partial charge on any atom is -0.382 e. The number of fused-ring (bicyclic) bond motifs is 1. The summed E-state index contributed by atoms with van der Waals surface area (Å²) in [5, 5.41) is 0. The van der Waals surface area contributed by atoms with Gasteiger partial charge in [0.1, 0.15) is 31.0 Å². The van der Waals surface area contributed by atoms with Crippen LogP contribution in [0.3, 0.4) is 0 Å². The van der Waals surface area contributed by atoms with Crippen molar-refractivity contribution in [3.63, 3.8) is 0 Å². The second-order valence-electron chi connectivity index (χ2n) is 10.4. The molecule has 0 aliphatic heterocycles. The Labute approximate surface area is 239 Å². The summed E-state index contributed by atoms with van der Waals surface area (Å²) in [6.45, 7) is 2.68. The van der Waals surface area contributed by atoms with Gasteiger partial charge in [-0.2, -0.15) is 0 Å². The van der Waals surface area contributed by atoms with E-state index in [0.29, 0.717) is 30.8 Å². The second-order valence-corrected chi connectivity index (χ2v) is 12.2. The highest BCUT2D eigenvalue weighted by molar-refractivity contribution is 7.52. The van der Waals surface area contributed by atoms with E-state index in [1.807, 2.05) is 0 Å². The first-order valence-corrected chi connectivity index (χ1v) is 16.9. The van der Waals surface area contributed by atoms with Gasteiger partial charge in [0, 0.05) is 13.2 Å². The van der Waals surface area contributed by atoms with Crippen molar-refractivity contribution in [1.29, 1.82) is 0 Å². The fourth-order valence-corrected chi connectivity index (χ4v) is 5.39. The molecule has 2 atom stereocenters. The fraction of sp³-hybridized carbons (Fsp3) is 0.821. The number of ether oxygens (including phenoxy) is 2. The summed E-state index contributed by atoms with van der Waals surface area (Å²) in [5.74, 6) is 0.221. The summed E-state index contributed by atoms with van der Waals surface area (Å²) in [4.78, 5) is 22.1. The van der Waals surface area contributed by atoms with Crippen LogP contribution in [0, 0.1) is 0 Å². The van der Waals surface area contributed by atoms with Crippen LogP contribution in [-0.2, 0) is 25.1 Å². The summed E-state index contributed by atoms with van der Waals surface area (Å²) < 4.78 is 43.4. The molecule has 0 aliphatic rings. The zero-order chi connectivity index (χ0) is 28.9. The molecule has 0 radical (unpaired) electrons. The van der Waals surface area contributed by atoms with Crippen LogP contribution in [0.25, 0.3) is 11.2 Å². The highest BCUT2D eigenvalue weighted by Crippen LogP contribution is 2.42. The number of nitrogens with zero attached hydrogens (tertiary/aromatic N) is 4. The lowest BCUT2D eigenvalue weighted by molar-refractivity contribution is 0.0404. The van der Waals surface area contributed by atoms with Gasteiger partial charge in [0.25, 0.3) is 0 Å². The smallest absolute Gasteiger partial charge is 0.353 e. The van der Waals surface area contributed by atoms with Gasteiger partial charge in [-0.3, -0.25) is 4.57 Å². The van der Waals surface area contributed by atoms with E-state index in [9.17, 15) is 13.8 Å². The van der Waals surface area contributed by atoms with Crippen LogP contribution in [0.1, 0.15) is 103 Å². The molecular formula is C28H51FN5O5P. The van der Waals surface area contributed by atoms with E-state index in [2.05, 4.69) is 21.9 Å². The topological polar surface area (TPSA) is 135 Å². The third kappa shape index (κ3) is 14.8. The molecule has 0 saturated carbocycles. The Balaban J connectivity index is 1.41. The number of rotatable bonds is 26. The van der Waals surface area contributed by atoms with E-state index >= 15 is 0 Å². The average molecular weight is 588 g/mol. The maximum atomic E-state index is 13.5. The van der Waals surface area contributed by atoms with Crippen LogP contribution < -0.4 is 5.73 Å². The van der Waals surface area contributed by atoms with E-state index < -0.39 is 26.7 Å². The Morgan fingerprint density at radius 1 is 0.900 bits per heavy atom. The summed E-state index contributed by atoms with van der Waals surface area (Å²) >= 11 is 0. The van der Waals surface area contributed by atoms with Crippen molar-refractivity contribution >= 4 is 24.6 Å². The first-order valence-electron chi connectivity index (χ1n) is 15.1. The third-order valence-corrected chi connectivity index (χ3v) is 7.90. The van der Waals surface area contributed by atoms with Crippen LogP contribution >= 0.6 is 7.60 Å². The fourth-order valence-electron chi connectivity index (χ4n) is 4.50. The molecule has 40 heavy (non-hydrogen) atoms. The molecule has 10 nitrogen and oxygen atoms in total. The van der Waals surface area contributed by atoms with Crippen molar-refractivity contribution in [2.75, 3.05) is 38.6 Å². The van der Waals surface area contributed by atoms with Gasteiger partial charge in [-0.25, -0.2) is 19.3 Å². The number of nitrogens with two attached hydrogens (primary N) is 1. The van der Waals surface area contributed by atoms with E-state index in [0.717, 1.165) is 6.42 Å². The maximum Gasteiger partial charge on any atom is 0.353 e. The predicted molar refractivity (Wildman–Crippen MR) is 157 cm³/mol. The van der Waals surface area contributed by atoms with Gasteiger partial charge in [-0.1, -0.05) is 90.4 Å². The van der Waals surface area contributed by atoms with Crippen molar-refractivity contribution in [3.05, 3.63) is 12.7 Å². The largest absolute Gasteiger partial charge is 0.382 e. The Morgan fingerprint density at radius 2 is 1.50 bits per heavy atom. The first-order chi connectivity index (χ1) is 19.5. The van der Waals surface area contributed by atoms with Crippen molar-refractivity contribution in [2.45, 2.75) is 116 Å². The normalized spacial score (nSPS) is 14.1. The number of unbranched alkanes of at least 4 members (excludes halogenated alkanes) is 13. The molecule has 0 aliphatic carbocycles. The quantitative estimate of drug-likeness (QED) is 0.0899. The highest BCUT2D eigenvalue weighted by Gasteiger charge is 2.23. The average Bonchev–Trinajstić information content (AvgIpc) is 3.36. The number of hydrogen-bond donors (Lipinski definition) is 2. The molecule has 0 saturated heterocycles.